The number of aromatic nitrogens is 2. The molecule has 8 heteroatoms. The molecule has 0 aliphatic carbocycles. The molecule has 0 bridgehead atoms. The van der Waals surface area contributed by atoms with Gasteiger partial charge < -0.3 is 19.5 Å². The second-order valence-electron chi connectivity index (χ2n) is 7.08. The first-order chi connectivity index (χ1) is 15.6. The number of nitrogens with two attached hydrogens (primary N) is 1. The van der Waals surface area contributed by atoms with Crippen molar-refractivity contribution in [2.45, 2.75) is 20.0 Å². The van der Waals surface area contributed by atoms with Crippen molar-refractivity contribution in [3.8, 4) is 5.75 Å². The molecular weight excluding hydrogens is 406 g/mol. The van der Waals surface area contributed by atoms with Gasteiger partial charge in [0.15, 0.2) is 0 Å². The zero-order valence-corrected chi connectivity index (χ0v) is 18.0. The smallest absolute Gasteiger partial charge is 0.255 e. The number of pyridine rings is 2. The molecule has 0 radical (unpaired) electrons. The van der Waals surface area contributed by atoms with E-state index in [0.29, 0.717) is 43.2 Å². The molecule has 2 heterocycles. The van der Waals surface area contributed by atoms with Crippen molar-refractivity contribution in [3.63, 3.8) is 0 Å². The number of nitrogens with one attached hydrogen (secondary N) is 1. The number of nitrogens with zero attached hydrogens (tertiary/aromatic N) is 3. The lowest BCUT2D eigenvalue weighted by atomic mass is 10.2. The van der Waals surface area contributed by atoms with Crippen LogP contribution >= 0.6 is 0 Å². The third-order valence-corrected chi connectivity index (χ3v) is 4.52. The highest BCUT2D eigenvalue weighted by Crippen LogP contribution is 2.15. The molecule has 0 spiro atoms. The second-order valence-corrected chi connectivity index (χ2v) is 7.08. The molecule has 0 atom stereocenters. The number of ether oxygens (including phenoxy) is 1. The number of hydrogen-bond acceptors (Lipinski definition) is 6. The van der Waals surface area contributed by atoms with Gasteiger partial charge in [-0.05, 0) is 61.9 Å². The number of rotatable bonds is 10. The Morgan fingerprint density at radius 2 is 2.00 bits per heavy atom. The van der Waals surface area contributed by atoms with Crippen molar-refractivity contribution in [1.29, 1.82) is 0 Å². The summed E-state index contributed by atoms with van der Waals surface area (Å²) in [6.45, 7) is 7.24. The lowest BCUT2D eigenvalue weighted by molar-refractivity contribution is 0.102. The molecule has 1 aromatic carbocycles. The number of anilines is 1. The predicted octanol–water partition coefficient (Wildman–Crippen LogP) is 3.39. The SMILES string of the molecule is C=C(C)n1cc(NC(=O)c2ccc(OCc3ccccn3)cc2)ccc1=NCCCON. The van der Waals surface area contributed by atoms with Gasteiger partial charge >= 0.3 is 0 Å². The molecule has 166 valence electrons. The van der Waals surface area contributed by atoms with Crippen LogP contribution in [0.2, 0.25) is 0 Å². The van der Waals surface area contributed by atoms with Gasteiger partial charge in [0.25, 0.3) is 5.91 Å². The summed E-state index contributed by atoms with van der Waals surface area (Å²) in [5.41, 5.74) is 3.51. The Morgan fingerprint density at radius 3 is 2.69 bits per heavy atom. The summed E-state index contributed by atoms with van der Waals surface area (Å²) < 4.78 is 7.54. The highest BCUT2D eigenvalue weighted by molar-refractivity contribution is 6.04. The van der Waals surface area contributed by atoms with Gasteiger partial charge in [-0.15, -0.1) is 0 Å². The van der Waals surface area contributed by atoms with E-state index in [1.807, 2.05) is 35.8 Å². The zero-order chi connectivity index (χ0) is 22.8. The van der Waals surface area contributed by atoms with E-state index < -0.39 is 0 Å². The number of allylic oxidation sites excluding steroid dienone is 1. The van der Waals surface area contributed by atoms with Crippen LogP contribution < -0.4 is 21.4 Å². The van der Waals surface area contributed by atoms with E-state index in [-0.39, 0.29) is 5.91 Å². The third-order valence-electron chi connectivity index (χ3n) is 4.52. The van der Waals surface area contributed by atoms with Gasteiger partial charge in [0, 0.05) is 30.2 Å². The lowest BCUT2D eigenvalue weighted by Crippen LogP contribution is -2.21. The van der Waals surface area contributed by atoms with Crippen LogP contribution in [0, 0.1) is 0 Å². The van der Waals surface area contributed by atoms with Crippen LogP contribution in [0.25, 0.3) is 5.70 Å². The summed E-state index contributed by atoms with van der Waals surface area (Å²) in [5.74, 6) is 5.48. The summed E-state index contributed by atoms with van der Waals surface area (Å²) in [5, 5.41) is 2.90. The predicted molar refractivity (Wildman–Crippen MR) is 124 cm³/mol. The van der Waals surface area contributed by atoms with Gasteiger partial charge in [-0.25, -0.2) is 5.90 Å². The molecule has 0 aliphatic heterocycles. The van der Waals surface area contributed by atoms with Crippen LogP contribution in [-0.4, -0.2) is 28.6 Å². The average molecular weight is 434 g/mol. The quantitative estimate of drug-likeness (QED) is 0.377. The van der Waals surface area contributed by atoms with E-state index in [0.717, 1.165) is 16.9 Å². The van der Waals surface area contributed by atoms with Crippen molar-refractivity contribution in [2.24, 2.45) is 10.9 Å². The van der Waals surface area contributed by atoms with Crippen LogP contribution in [0.3, 0.4) is 0 Å². The van der Waals surface area contributed by atoms with E-state index in [1.165, 1.54) is 0 Å². The van der Waals surface area contributed by atoms with E-state index >= 15 is 0 Å². The standard InChI is InChI=1S/C24H27N5O3/c1-18(2)29-16-20(9-12-23(29)27-14-5-15-32-25)28-24(30)19-7-10-22(11-8-19)31-17-21-6-3-4-13-26-21/h3-4,6-13,16H,1,5,14-15,17,25H2,2H3,(H,28,30). The highest BCUT2D eigenvalue weighted by Gasteiger charge is 2.08. The summed E-state index contributed by atoms with van der Waals surface area (Å²) in [7, 11) is 0. The Hall–Kier alpha value is -3.75. The molecule has 32 heavy (non-hydrogen) atoms. The molecule has 0 fully saturated rings. The molecule has 0 saturated carbocycles. The summed E-state index contributed by atoms with van der Waals surface area (Å²) >= 11 is 0. The first kappa shape index (κ1) is 22.9. The third kappa shape index (κ3) is 6.63. The summed E-state index contributed by atoms with van der Waals surface area (Å²) in [6, 6.07) is 16.3. The fraction of sp³-hybridized carbons (Fsp3) is 0.208. The van der Waals surface area contributed by atoms with E-state index in [9.17, 15) is 4.79 Å². The summed E-state index contributed by atoms with van der Waals surface area (Å²) in [6.07, 6.45) is 4.23. The molecule has 1 amide bonds. The highest BCUT2D eigenvalue weighted by atomic mass is 16.6. The Balaban J connectivity index is 1.64. The zero-order valence-electron chi connectivity index (χ0n) is 18.0. The monoisotopic (exact) mass is 433 g/mol. The fourth-order valence-electron chi connectivity index (χ4n) is 2.89. The van der Waals surface area contributed by atoms with Gasteiger partial charge in [-0.1, -0.05) is 12.6 Å². The normalized spacial score (nSPS) is 11.2. The van der Waals surface area contributed by atoms with Crippen molar-refractivity contribution in [3.05, 3.63) is 90.3 Å². The molecule has 3 rings (SSSR count). The summed E-state index contributed by atoms with van der Waals surface area (Å²) in [4.78, 5) is 26.0. The Kier molecular flexibility index (Phi) is 8.30. The van der Waals surface area contributed by atoms with E-state index in [1.54, 1.807) is 42.7 Å². The molecule has 3 aromatic rings. The molecule has 0 saturated heterocycles. The van der Waals surface area contributed by atoms with Gasteiger partial charge in [0.1, 0.15) is 17.8 Å². The number of hydrogen-bond donors (Lipinski definition) is 2. The van der Waals surface area contributed by atoms with Crippen LogP contribution in [0.4, 0.5) is 5.69 Å². The van der Waals surface area contributed by atoms with Crippen LogP contribution in [0.5, 0.6) is 5.75 Å². The van der Waals surface area contributed by atoms with Crippen molar-refractivity contribution in [1.82, 2.24) is 9.55 Å². The molecular formula is C24H27N5O3. The second kappa shape index (κ2) is 11.6. The maximum Gasteiger partial charge on any atom is 0.255 e. The van der Waals surface area contributed by atoms with Crippen molar-refractivity contribution >= 4 is 17.3 Å². The minimum atomic E-state index is -0.223. The van der Waals surface area contributed by atoms with Crippen LogP contribution in [0.1, 0.15) is 29.4 Å². The van der Waals surface area contributed by atoms with Gasteiger partial charge in [0.2, 0.25) is 0 Å². The molecule has 2 aromatic heterocycles. The maximum atomic E-state index is 12.7. The number of amides is 1. The Bertz CT molecular complexity index is 1110. The lowest BCUT2D eigenvalue weighted by Gasteiger charge is -2.11. The number of benzene rings is 1. The van der Waals surface area contributed by atoms with Crippen LogP contribution in [-0.2, 0) is 11.4 Å². The fourth-order valence-corrected chi connectivity index (χ4v) is 2.89. The Labute approximate surface area is 187 Å². The molecule has 0 aliphatic rings. The van der Waals surface area contributed by atoms with Crippen LogP contribution in [0.15, 0.2) is 78.6 Å². The first-order valence-corrected chi connectivity index (χ1v) is 10.2. The average Bonchev–Trinajstić information content (AvgIpc) is 2.82. The largest absolute Gasteiger partial charge is 0.487 e. The topological polar surface area (TPSA) is 104 Å². The molecule has 8 nitrogen and oxygen atoms in total. The van der Waals surface area contributed by atoms with Crippen molar-refractivity contribution in [2.75, 3.05) is 18.5 Å². The number of carbonyl (C=O) groups is 1. The van der Waals surface area contributed by atoms with Gasteiger partial charge in [-0.3, -0.25) is 14.8 Å². The Morgan fingerprint density at radius 1 is 1.19 bits per heavy atom. The van der Waals surface area contributed by atoms with E-state index in [2.05, 4.69) is 26.7 Å². The minimum absolute atomic E-state index is 0.223. The minimum Gasteiger partial charge on any atom is -0.487 e. The first-order valence-electron chi connectivity index (χ1n) is 10.2. The van der Waals surface area contributed by atoms with Gasteiger partial charge in [-0.2, -0.15) is 0 Å². The van der Waals surface area contributed by atoms with E-state index in [4.69, 9.17) is 10.6 Å². The van der Waals surface area contributed by atoms with Gasteiger partial charge in [0.05, 0.1) is 18.0 Å². The number of carbonyl (C=O) groups excluding carboxylic acids is 1. The molecule has 0 unspecified atom stereocenters. The maximum absolute atomic E-state index is 12.7. The van der Waals surface area contributed by atoms with Crippen molar-refractivity contribution < 1.29 is 14.4 Å². The molecule has 3 N–H and O–H groups in total.